The van der Waals surface area contributed by atoms with Gasteiger partial charge in [0, 0.05) is 42.8 Å². The first-order chi connectivity index (χ1) is 11.9. The van der Waals surface area contributed by atoms with Crippen LogP contribution in [-0.4, -0.2) is 42.9 Å². The van der Waals surface area contributed by atoms with E-state index >= 15 is 0 Å². The molecule has 0 radical (unpaired) electrons. The molecule has 1 aliphatic rings. The molecule has 0 spiro atoms. The summed E-state index contributed by atoms with van der Waals surface area (Å²) in [6, 6.07) is 0. The third kappa shape index (κ3) is 3.68. The fraction of sp³-hybridized carbons (Fsp3) is 0.412. The Morgan fingerprint density at radius 3 is 3.08 bits per heavy atom. The van der Waals surface area contributed by atoms with E-state index < -0.39 is 0 Å². The second-order valence-electron chi connectivity index (χ2n) is 6.25. The summed E-state index contributed by atoms with van der Waals surface area (Å²) >= 11 is 1.74. The van der Waals surface area contributed by atoms with E-state index in [0.29, 0.717) is 5.92 Å². The maximum Gasteiger partial charge on any atom is 0.157 e. The minimum atomic E-state index is 0.632. The van der Waals surface area contributed by atoms with Gasteiger partial charge >= 0.3 is 0 Å². The van der Waals surface area contributed by atoms with Crippen LogP contribution in [0.25, 0.3) is 11.5 Å². The highest BCUT2D eigenvalue weighted by molar-refractivity contribution is 7.09. The van der Waals surface area contributed by atoms with E-state index in [1.54, 1.807) is 23.7 Å². The Kier molecular flexibility index (Phi) is 4.62. The van der Waals surface area contributed by atoms with Crippen molar-refractivity contribution in [3.8, 4) is 11.5 Å². The Hall–Kier alpha value is -2.12. The third-order valence-corrected chi connectivity index (χ3v) is 5.15. The Labute approximate surface area is 145 Å². The predicted molar refractivity (Wildman–Crippen MR) is 93.4 cm³/mol. The Morgan fingerprint density at radius 2 is 2.25 bits per heavy atom. The number of hydrogen-bond donors (Lipinski definition) is 1. The topological polar surface area (TPSA) is 70.6 Å². The number of imidazole rings is 1. The van der Waals surface area contributed by atoms with Gasteiger partial charge in [-0.25, -0.2) is 9.97 Å². The van der Waals surface area contributed by atoms with E-state index in [1.807, 2.05) is 24.1 Å². The summed E-state index contributed by atoms with van der Waals surface area (Å²) in [6.45, 7) is 3.30. The zero-order valence-corrected chi connectivity index (χ0v) is 14.2. The maximum atomic E-state index is 4.73. The molecule has 1 N–H and O–H groups in total. The monoisotopic (exact) mass is 340 g/mol. The molecule has 0 aliphatic carbocycles. The molecule has 1 saturated heterocycles. The minimum absolute atomic E-state index is 0.632. The highest BCUT2D eigenvalue weighted by atomic mass is 32.1. The first kappa shape index (κ1) is 15.4. The van der Waals surface area contributed by atoms with E-state index in [-0.39, 0.29) is 0 Å². The molecule has 0 saturated carbocycles. The molecule has 4 heterocycles. The largest absolute Gasteiger partial charge is 0.343 e. The fourth-order valence-electron chi connectivity index (χ4n) is 3.32. The molecular formula is C17H20N6S. The number of hydrogen-bond acceptors (Lipinski definition) is 6. The van der Waals surface area contributed by atoms with Crippen LogP contribution in [0.15, 0.2) is 36.5 Å². The Bertz CT molecular complexity index is 755. The van der Waals surface area contributed by atoms with Crippen molar-refractivity contribution < 1.29 is 0 Å². The second-order valence-corrected chi connectivity index (χ2v) is 7.22. The summed E-state index contributed by atoms with van der Waals surface area (Å²) in [5, 5.41) is 0. The van der Waals surface area contributed by atoms with Gasteiger partial charge in [-0.3, -0.25) is 14.9 Å². The molecule has 1 atom stereocenters. The molecule has 0 unspecified atom stereocenters. The Balaban J connectivity index is 1.40. The number of nitrogens with one attached hydrogen (secondary N) is 1. The molecule has 1 fully saturated rings. The molecule has 0 aromatic carbocycles. The lowest BCUT2D eigenvalue weighted by molar-refractivity contribution is 0.167. The van der Waals surface area contributed by atoms with E-state index in [2.05, 4.69) is 24.8 Å². The summed E-state index contributed by atoms with van der Waals surface area (Å²) in [5.74, 6) is 1.41. The summed E-state index contributed by atoms with van der Waals surface area (Å²) in [6.07, 6.45) is 12.6. The quantitative estimate of drug-likeness (QED) is 0.773. The van der Waals surface area contributed by atoms with E-state index in [0.717, 1.165) is 36.7 Å². The van der Waals surface area contributed by atoms with E-state index in [9.17, 15) is 0 Å². The standard InChI is InChI=1S/C17H20N6S/c1-2-13(10-23(5-1)11-15-8-19-12-24-15)6-14-7-18-9-16(22-14)17-20-3-4-21-17/h3-4,7-9,12-13H,1-2,5-6,10-11H2,(H,20,21)/t13-/m1/s1. The van der Waals surface area contributed by atoms with Gasteiger partial charge in [0.05, 0.1) is 17.4 Å². The zero-order valence-electron chi connectivity index (χ0n) is 13.4. The lowest BCUT2D eigenvalue weighted by Crippen LogP contribution is -2.35. The van der Waals surface area contributed by atoms with Crippen LogP contribution in [-0.2, 0) is 13.0 Å². The van der Waals surface area contributed by atoms with Gasteiger partial charge in [-0.05, 0) is 31.7 Å². The van der Waals surface area contributed by atoms with Gasteiger partial charge in [-0.1, -0.05) is 0 Å². The average molecular weight is 340 g/mol. The number of piperidine rings is 1. The van der Waals surface area contributed by atoms with Gasteiger partial charge in [0.1, 0.15) is 5.69 Å². The smallest absolute Gasteiger partial charge is 0.157 e. The highest BCUT2D eigenvalue weighted by Gasteiger charge is 2.21. The zero-order chi connectivity index (χ0) is 16.2. The first-order valence-corrected chi connectivity index (χ1v) is 9.15. The number of thiazole rings is 1. The first-order valence-electron chi connectivity index (χ1n) is 8.27. The number of H-pyrrole nitrogens is 1. The number of rotatable bonds is 5. The molecule has 0 bridgehead atoms. The molecule has 1 aliphatic heterocycles. The summed E-state index contributed by atoms with van der Waals surface area (Å²) in [7, 11) is 0. The molecule has 24 heavy (non-hydrogen) atoms. The normalized spacial score (nSPS) is 18.8. The molecule has 124 valence electrons. The molecule has 0 amide bonds. The van der Waals surface area contributed by atoms with Crippen molar-refractivity contribution in [2.75, 3.05) is 13.1 Å². The van der Waals surface area contributed by atoms with Crippen molar-refractivity contribution in [3.63, 3.8) is 0 Å². The Morgan fingerprint density at radius 1 is 1.25 bits per heavy atom. The van der Waals surface area contributed by atoms with Crippen LogP contribution >= 0.6 is 11.3 Å². The van der Waals surface area contributed by atoms with Crippen LogP contribution in [0.2, 0.25) is 0 Å². The van der Waals surface area contributed by atoms with Crippen LogP contribution in [0, 0.1) is 5.92 Å². The molecular weight excluding hydrogens is 320 g/mol. The number of aromatic nitrogens is 5. The lowest BCUT2D eigenvalue weighted by atomic mass is 9.93. The van der Waals surface area contributed by atoms with Crippen LogP contribution in [0.4, 0.5) is 0 Å². The average Bonchev–Trinajstić information content (AvgIpc) is 3.29. The van der Waals surface area contributed by atoms with Gasteiger partial charge < -0.3 is 4.98 Å². The van der Waals surface area contributed by atoms with Gasteiger partial charge in [0.25, 0.3) is 0 Å². The van der Waals surface area contributed by atoms with Crippen molar-refractivity contribution in [2.45, 2.75) is 25.8 Å². The minimum Gasteiger partial charge on any atom is -0.343 e. The van der Waals surface area contributed by atoms with Crippen LogP contribution in [0.1, 0.15) is 23.4 Å². The van der Waals surface area contributed by atoms with E-state index in [4.69, 9.17) is 4.98 Å². The van der Waals surface area contributed by atoms with Gasteiger partial charge in [-0.2, -0.15) is 0 Å². The van der Waals surface area contributed by atoms with Crippen LogP contribution in [0.3, 0.4) is 0 Å². The van der Waals surface area contributed by atoms with Crippen molar-refractivity contribution in [1.82, 2.24) is 29.8 Å². The van der Waals surface area contributed by atoms with E-state index in [1.165, 1.54) is 24.3 Å². The molecule has 6 nitrogen and oxygen atoms in total. The SMILES string of the molecule is c1c[nH]c(-c2cncc(C[C@H]3CCCN(Cc4cncs4)C3)n2)n1. The molecule has 7 heteroatoms. The predicted octanol–water partition coefficient (Wildman–Crippen LogP) is 2.78. The number of aromatic amines is 1. The van der Waals surface area contributed by atoms with Crippen molar-refractivity contribution in [3.05, 3.63) is 47.1 Å². The summed E-state index contributed by atoms with van der Waals surface area (Å²) in [4.78, 5) is 24.5. The number of nitrogens with zero attached hydrogens (tertiary/aromatic N) is 5. The molecule has 3 aromatic rings. The molecule has 4 rings (SSSR count). The van der Waals surface area contributed by atoms with Gasteiger partial charge in [-0.15, -0.1) is 11.3 Å². The number of likely N-dealkylation sites (tertiary alicyclic amines) is 1. The summed E-state index contributed by atoms with van der Waals surface area (Å²) < 4.78 is 0. The lowest BCUT2D eigenvalue weighted by Gasteiger charge is -2.32. The maximum absolute atomic E-state index is 4.73. The van der Waals surface area contributed by atoms with Crippen molar-refractivity contribution in [2.24, 2.45) is 5.92 Å². The second kappa shape index (κ2) is 7.19. The highest BCUT2D eigenvalue weighted by Crippen LogP contribution is 2.23. The van der Waals surface area contributed by atoms with Gasteiger partial charge in [0.2, 0.25) is 0 Å². The van der Waals surface area contributed by atoms with Crippen molar-refractivity contribution in [1.29, 1.82) is 0 Å². The van der Waals surface area contributed by atoms with Crippen molar-refractivity contribution >= 4 is 11.3 Å². The molecule has 3 aromatic heterocycles. The van der Waals surface area contributed by atoms with Crippen LogP contribution in [0.5, 0.6) is 0 Å². The van der Waals surface area contributed by atoms with Gasteiger partial charge in [0.15, 0.2) is 5.82 Å². The van der Waals surface area contributed by atoms with Crippen LogP contribution < -0.4 is 0 Å². The third-order valence-electron chi connectivity index (χ3n) is 4.39. The summed E-state index contributed by atoms with van der Waals surface area (Å²) in [5.41, 5.74) is 3.77. The fourth-order valence-corrected chi connectivity index (χ4v) is 3.96.